The molecule has 0 saturated carbocycles. The summed E-state index contributed by atoms with van der Waals surface area (Å²) >= 11 is 0. The zero-order chi connectivity index (χ0) is 18.1. The predicted molar refractivity (Wildman–Crippen MR) is 98.4 cm³/mol. The second kappa shape index (κ2) is 9.02. The Balaban J connectivity index is 1.92. The summed E-state index contributed by atoms with van der Waals surface area (Å²) in [5, 5.41) is 6.36. The molecule has 0 atom stereocenters. The number of hydrogen-bond donors (Lipinski definition) is 2. The van der Waals surface area contributed by atoms with E-state index in [1.54, 1.807) is 37.3 Å². The number of carbonyl (C=O) groups excluding carboxylic acids is 2. The maximum atomic E-state index is 11.9. The van der Waals surface area contributed by atoms with Crippen LogP contribution in [0.2, 0.25) is 0 Å². The van der Waals surface area contributed by atoms with Gasteiger partial charge in [-0.05, 0) is 30.7 Å². The van der Waals surface area contributed by atoms with Gasteiger partial charge >= 0.3 is 11.8 Å². The zero-order valence-electron chi connectivity index (χ0n) is 14.0. The second-order valence-corrected chi connectivity index (χ2v) is 5.09. The quantitative estimate of drug-likeness (QED) is 0.500. The normalized spacial score (nSPS) is 11.2. The molecular formula is C19H19N3O3. The molecule has 2 aromatic carbocycles. The summed E-state index contributed by atoms with van der Waals surface area (Å²) in [7, 11) is 1.48. The van der Waals surface area contributed by atoms with Gasteiger partial charge in [0.2, 0.25) is 0 Å². The number of allylic oxidation sites excluding steroid dienone is 1. The second-order valence-electron chi connectivity index (χ2n) is 5.09. The van der Waals surface area contributed by atoms with Crippen molar-refractivity contribution in [2.45, 2.75) is 6.92 Å². The third-order valence-corrected chi connectivity index (χ3v) is 3.21. The Morgan fingerprint density at radius 3 is 2.40 bits per heavy atom. The minimum absolute atomic E-state index is 0.412. The van der Waals surface area contributed by atoms with E-state index >= 15 is 0 Å². The van der Waals surface area contributed by atoms with E-state index < -0.39 is 11.8 Å². The summed E-state index contributed by atoms with van der Waals surface area (Å²) in [6.07, 6.45) is 3.60. The predicted octanol–water partition coefficient (Wildman–Crippen LogP) is 2.84. The van der Waals surface area contributed by atoms with Gasteiger partial charge in [0.05, 0.1) is 18.5 Å². The number of hydrazone groups is 1. The SMILES string of the molecule is COc1ccccc1NC(=O)C(=O)N/N=C(C)\C=C\c1ccccc1. The first-order valence-corrected chi connectivity index (χ1v) is 7.62. The lowest BCUT2D eigenvalue weighted by Gasteiger charge is -2.08. The smallest absolute Gasteiger partial charge is 0.329 e. The first kappa shape index (κ1) is 17.9. The molecule has 25 heavy (non-hydrogen) atoms. The number of benzene rings is 2. The molecule has 0 radical (unpaired) electrons. The molecule has 2 aromatic rings. The highest BCUT2D eigenvalue weighted by atomic mass is 16.5. The number of rotatable bonds is 5. The molecule has 0 aliphatic rings. The number of para-hydroxylation sites is 2. The van der Waals surface area contributed by atoms with Crippen LogP contribution in [0.3, 0.4) is 0 Å². The van der Waals surface area contributed by atoms with E-state index in [9.17, 15) is 9.59 Å². The molecule has 6 heteroatoms. The van der Waals surface area contributed by atoms with Gasteiger partial charge in [0.1, 0.15) is 5.75 Å². The summed E-state index contributed by atoms with van der Waals surface area (Å²) in [5.74, 6) is -1.22. The van der Waals surface area contributed by atoms with Crippen molar-refractivity contribution in [3.05, 3.63) is 66.2 Å². The summed E-state index contributed by atoms with van der Waals surface area (Å²) < 4.78 is 5.12. The van der Waals surface area contributed by atoms with Crippen LogP contribution in [0.5, 0.6) is 5.75 Å². The van der Waals surface area contributed by atoms with Crippen molar-refractivity contribution in [2.24, 2.45) is 5.10 Å². The van der Waals surface area contributed by atoms with Crippen molar-refractivity contribution in [1.82, 2.24) is 5.43 Å². The Morgan fingerprint density at radius 1 is 1.00 bits per heavy atom. The van der Waals surface area contributed by atoms with E-state index in [2.05, 4.69) is 15.8 Å². The highest BCUT2D eigenvalue weighted by molar-refractivity contribution is 6.39. The topological polar surface area (TPSA) is 79.8 Å². The molecule has 0 saturated heterocycles. The van der Waals surface area contributed by atoms with Crippen LogP contribution in [0.25, 0.3) is 6.08 Å². The Hall–Kier alpha value is -3.41. The number of anilines is 1. The number of nitrogens with zero attached hydrogens (tertiary/aromatic N) is 1. The van der Waals surface area contributed by atoms with Gasteiger partial charge in [0, 0.05) is 0 Å². The average molecular weight is 337 g/mol. The van der Waals surface area contributed by atoms with Crippen LogP contribution in [0.4, 0.5) is 5.69 Å². The lowest BCUT2D eigenvalue weighted by molar-refractivity contribution is -0.136. The van der Waals surface area contributed by atoms with E-state index in [-0.39, 0.29) is 0 Å². The van der Waals surface area contributed by atoms with Gasteiger partial charge in [-0.25, -0.2) is 5.43 Å². The number of carbonyl (C=O) groups is 2. The van der Waals surface area contributed by atoms with Gasteiger partial charge in [-0.3, -0.25) is 9.59 Å². The van der Waals surface area contributed by atoms with E-state index in [0.29, 0.717) is 17.1 Å². The number of hydrogen-bond acceptors (Lipinski definition) is 4. The molecule has 6 nitrogen and oxygen atoms in total. The standard InChI is InChI=1S/C19H19N3O3/c1-14(12-13-15-8-4-3-5-9-15)21-22-19(24)18(23)20-16-10-6-7-11-17(16)25-2/h3-13H,1-2H3,(H,20,23)(H,22,24)/b13-12+,21-14-. The van der Waals surface area contributed by atoms with Gasteiger partial charge in [0.15, 0.2) is 0 Å². The van der Waals surface area contributed by atoms with Crippen LogP contribution in [0, 0.1) is 0 Å². The van der Waals surface area contributed by atoms with Crippen LogP contribution < -0.4 is 15.5 Å². The lowest BCUT2D eigenvalue weighted by atomic mass is 10.2. The molecule has 0 heterocycles. The first-order chi connectivity index (χ1) is 12.1. The van der Waals surface area contributed by atoms with Crippen LogP contribution in [-0.2, 0) is 9.59 Å². The Morgan fingerprint density at radius 2 is 1.68 bits per heavy atom. The third-order valence-electron chi connectivity index (χ3n) is 3.21. The minimum atomic E-state index is -0.863. The summed E-state index contributed by atoms with van der Waals surface area (Å²) in [4.78, 5) is 23.7. The number of amides is 2. The largest absolute Gasteiger partial charge is 0.495 e. The molecule has 0 spiro atoms. The maximum Gasteiger partial charge on any atom is 0.329 e. The molecule has 2 amide bonds. The van der Waals surface area contributed by atoms with E-state index in [1.165, 1.54) is 7.11 Å². The summed E-state index contributed by atoms with van der Waals surface area (Å²) in [6, 6.07) is 16.5. The summed E-state index contributed by atoms with van der Waals surface area (Å²) in [5.41, 5.74) is 4.20. The average Bonchev–Trinajstić information content (AvgIpc) is 2.65. The monoisotopic (exact) mass is 337 g/mol. The van der Waals surface area contributed by atoms with Crippen molar-refractivity contribution in [3.63, 3.8) is 0 Å². The molecule has 0 fully saturated rings. The molecule has 128 valence electrons. The fourth-order valence-corrected chi connectivity index (χ4v) is 1.93. The Labute approximate surface area is 146 Å². The van der Waals surface area contributed by atoms with Crippen molar-refractivity contribution < 1.29 is 14.3 Å². The van der Waals surface area contributed by atoms with Gasteiger partial charge in [-0.2, -0.15) is 5.10 Å². The minimum Gasteiger partial charge on any atom is -0.495 e. The molecule has 2 N–H and O–H groups in total. The van der Waals surface area contributed by atoms with Gasteiger partial charge in [0.25, 0.3) is 0 Å². The van der Waals surface area contributed by atoms with Gasteiger partial charge < -0.3 is 10.1 Å². The number of nitrogens with one attached hydrogen (secondary N) is 2. The van der Waals surface area contributed by atoms with Gasteiger partial charge in [-0.15, -0.1) is 0 Å². The van der Waals surface area contributed by atoms with Crippen molar-refractivity contribution in [3.8, 4) is 5.75 Å². The molecule has 0 bridgehead atoms. The maximum absolute atomic E-state index is 11.9. The van der Waals surface area contributed by atoms with Gasteiger partial charge in [-0.1, -0.05) is 48.5 Å². The molecule has 0 aliphatic heterocycles. The molecule has 0 unspecified atom stereocenters. The van der Waals surface area contributed by atoms with E-state index in [1.807, 2.05) is 36.4 Å². The van der Waals surface area contributed by atoms with E-state index in [4.69, 9.17) is 4.74 Å². The Bertz CT molecular complexity index is 799. The Kier molecular flexibility index (Phi) is 6.47. The zero-order valence-corrected chi connectivity index (χ0v) is 14.0. The van der Waals surface area contributed by atoms with Crippen molar-refractivity contribution in [2.75, 3.05) is 12.4 Å². The van der Waals surface area contributed by atoms with Crippen molar-refractivity contribution >= 4 is 29.3 Å². The lowest BCUT2D eigenvalue weighted by Crippen LogP contribution is -2.32. The molecular weight excluding hydrogens is 318 g/mol. The number of methoxy groups -OCH3 is 1. The van der Waals surface area contributed by atoms with Crippen LogP contribution >= 0.6 is 0 Å². The van der Waals surface area contributed by atoms with E-state index in [0.717, 1.165) is 5.56 Å². The molecule has 0 aromatic heterocycles. The van der Waals surface area contributed by atoms with Crippen LogP contribution in [0.15, 0.2) is 65.8 Å². The third kappa shape index (κ3) is 5.62. The fourth-order valence-electron chi connectivity index (χ4n) is 1.93. The van der Waals surface area contributed by atoms with Crippen LogP contribution in [0.1, 0.15) is 12.5 Å². The first-order valence-electron chi connectivity index (χ1n) is 7.62. The van der Waals surface area contributed by atoms with Crippen LogP contribution in [-0.4, -0.2) is 24.6 Å². The summed E-state index contributed by atoms with van der Waals surface area (Å²) in [6.45, 7) is 1.72. The highest BCUT2D eigenvalue weighted by Gasteiger charge is 2.14. The van der Waals surface area contributed by atoms with Crippen molar-refractivity contribution in [1.29, 1.82) is 0 Å². The highest BCUT2D eigenvalue weighted by Crippen LogP contribution is 2.22. The fraction of sp³-hybridized carbons (Fsp3) is 0.105. The molecule has 2 rings (SSSR count). The molecule has 0 aliphatic carbocycles. The number of ether oxygens (including phenoxy) is 1.